The zero-order valence-electron chi connectivity index (χ0n) is 8.18. The minimum atomic E-state index is -4.61. The van der Waals surface area contributed by atoms with E-state index in [2.05, 4.69) is 19.2 Å². The zero-order valence-corrected chi connectivity index (χ0v) is 9.90. The second kappa shape index (κ2) is 6.34. The molecule has 0 saturated heterocycles. The lowest BCUT2D eigenvalue weighted by Gasteiger charge is -2.07. The first-order chi connectivity index (χ1) is 7.18. The predicted molar refractivity (Wildman–Crippen MR) is 59.6 cm³/mol. The van der Waals surface area contributed by atoms with Crippen LogP contribution in [0.3, 0.4) is 0 Å². The standard InChI is InChI=1S/C9H9F5S2/c1-5(9(11,12)13)3-7(15)8(16-14)4-6(2)10/h3-4,6,15H,1H2,2H3/b7-3+,8-4+. The van der Waals surface area contributed by atoms with E-state index in [9.17, 15) is 21.4 Å². The second-order valence-electron chi connectivity index (χ2n) is 2.84. The normalized spacial score (nSPS) is 16.2. The SMILES string of the molecule is C=C(/C=C(S)\C(=C/C(C)F)SF)C(F)(F)F. The van der Waals surface area contributed by atoms with Crippen molar-refractivity contribution >= 4 is 24.8 Å². The molecule has 0 radical (unpaired) electrons. The molecule has 0 fully saturated rings. The van der Waals surface area contributed by atoms with Crippen LogP contribution in [0.25, 0.3) is 0 Å². The summed E-state index contributed by atoms with van der Waals surface area (Å²) >= 11 is 3.28. The molecule has 0 aromatic carbocycles. The minimum Gasteiger partial charge on any atom is -0.243 e. The summed E-state index contributed by atoms with van der Waals surface area (Å²) in [6, 6.07) is 0. The fourth-order valence-electron chi connectivity index (χ4n) is 0.677. The molecule has 0 N–H and O–H groups in total. The van der Waals surface area contributed by atoms with E-state index in [1.807, 2.05) is 0 Å². The van der Waals surface area contributed by atoms with Crippen LogP contribution in [0.15, 0.2) is 34.1 Å². The van der Waals surface area contributed by atoms with Crippen molar-refractivity contribution < 1.29 is 21.4 Å². The zero-order chi connectivity index (χ0) is 12.9. The molecule has 1 unspecified atom stereocenters. The Morgan fingerprint density at radius 1 is 1.44 bits per heavy atom. The maximum atomic E-state index is 12.5. The average Bonchev–Trinajstić information content (AvgIpc) is 2.11. The van der Waals surface area contributed by atoms with Gasteiger partial charge >= 0.3 is 6.18 Å². The van der Waals surface area contributed by atoms with Gasteiger partial charge in [0.2, 0.25) is 0 Å². The van der Waals surface area contributed by atoms with Crippen LogP contribution >= 0.6 is 24.8 Å². The Labute approximate surface area is 100.0 Å². The largest absolute Gasteiger partial charge is 0.415 e. The van der Waals surface area contributed by atoms with Gasteiger partial charge in [0.1, 0.15) is 6.17 Å². The van der Waals surface area contributed by atoms with Crippen LogP contribution in [0.4, 0.5) is 21.4 Å². The number of hydrogen-bond donors (Lipinski definition) is 1. The van der Waals surface area contributed by atoms with Crippen molar-refractivity contribution in [3.05, 3.63) is 34.1 Å². The van der Waals surface area contributed by atoms with E-state index in [0.717, 1.165) is 13.0 Å². The molecule has 0 bridgehead atoms. The van der Waals surface area contributed by atoms with Crippen molar-refractivity contribution in [3.8, 4) is 0 Å². The van der Waals surface area contributed by atoms with Crippen LogP contribution in [0.1, 0.15) is 6.92 Å². The molecule has 0 aliphatic rings. The number of alkyl halides is 4. The van der Waals surface area contributed by atoms with Crippen LogP contribution in [-0.2, 0) is 0 Å². The van der Waals surface area contributed by atoms with Crippen molar-refractivity contribution in [1.82, 2.24) is 0 Å². The van der Waals surface area contributed by atoms with Gasteiger partial charge in [-0.3, -0.25) is 0 Å². The van der Waals surface area contributed by atoms with Crippen molar-refractivity contribution in [3.63, 3.8) is 0 Å². The Morgan fingerprint density at radius 3 is 2.25 bits per heavy atom. The molecule has 0 spiro atoms. The highest BCUT2D eigenvalue weighted by atomic mass is 32.2. The van der Waals surface area contributed by atoms with Crippen LogP contribution in [0.2, 0.25) is 0 Å². The molecule has 0 aliphatic carbocycles. The summed E-state index contributed by atoms with van der Waals surface area (Å²) in [4.78, 5) is -0.636. The fraction of sp³-hybridized carbons (Fsp3) is 0.333. The minimum absolute atomic E-state index is 0.316. The molecule has 0 aliphatic heterocycles. The van der Waals surface area contributed by atoms with Gasteiger partial charge < -0.3 is 0 Å². The van der Waals surface area contributed by atoms with Crippen LogP contribution < -0.4 is 0 Å². The molecule has 92 valence electrons. The topological polar surface area (TPSA) is 0 Å². The van der Waals surface area contributed by atoms with E-state index >= 15 is 0 Å². The van der Waals surface area contributed by atoms with E-state index in [1.54, 1.807) is 0 Å². The summed E-state index contributed by atoms with van der Waals surface area (Å²) in [6.45, 7) is 3.88. The number of thiol groups is 1. The van der Waals surface area contributed by atoms with Gasteiger partial charge in [-0.1, -0.05) is 6.58 Å². The van der Waals surface area contributed by atoms with Gasteiger partial charge in [0.05, 0.1) is 17.1 Å². The first-order valence-electron chi connectivity index (χ1n) is 4.00. The van der Waals surface area contributed by atoms with E-state index in [4.69, 9.17) is 0 Å². The van der Waals surface area contributed by atoms with Crippen molar-refractivity contribution in [2.45, 2.75) is 19.3 Å². The summed E-state index contributed by atoms with van der Waals surface area (Å²) in [5.41, 5.74) is -1.18. The lowest BCUT2D eigenvalue weighted by atomic mass is 10.2. The summed E-state index contributed by atoms with van der Waals surface area (Å²) in [6.07, 6.45) is -4.72. The summed E-state index contributed by atoms with van der Waals surface area (Å²) in [5.74, 6) is 0. The highest BCUT2D eigenvalue weighted by molar-refractivity contribution is 8.00. The third kappa shape index (κ3) is 5.60. The summed E-state index contributed by atoms with van der Waals surface area (Å²) in [5, 5.41) is 0. The third-order valence-corrected chi connectivity index (χ3v) is 2.44. The van der Waals surface area contributed by atoms with E-state index < -0.39 is 17.9 Å². The van der Waals surface area contributed by atoms with Crippen molar-refractivity contribution in [2.75, 3.05) is 0 Å². The Morgan fingerprint density at radius 2 is 1.94 bits per heavy atom. The monoisotopic (exact) mass is 276 g/mol. The van der Waals surface area contributed by atoms with Gasteiger partial charge in [-0.2, -0.15) is 17.1 Å². The first kappa shape index (κ1) is 15.6. The second-order valence-corrected chi connectivity index (χ2v) is 3.91. The lowest BCUT2D eigenvalue weighted by Crippen LogP contribution is -2.08. The van der Waals surface area contributed by atoms with Gasteiger partial charge in [-0.15, -0.1) is 12.6 Å². The number of halogens is 5. The van der Waals surface area contributed by atoms with Crippen LogP contribution in [0, 0.1) is 0 Å². The van der Waals surface area contributed by atoms with Crippen LogP contribution in [0.5, 0.6) is 0 Å². The van der Waals surface area contributed by atoms with E-state index in [-0.39, 0.29) is 22.0 Å². The smallest absolute Gasteiger partial charge is 0.243 e. The third-order valence-electron chi connectivity index (χ3n) is 1.39. The Kier molecular flexibility index (Phi) is 6.17. The Hall–Kier alpha value is -0.430. The molecule has 0 aromatic rings. The van der Waals surface area contributed by atoms with Crippen LogP contribution in [-0.4, -0.2) is 12.3 Å². The number of rotatable bonds is 4. The molecule has 16 heavy (non-hydrogen) atoms. The Bertz CT molecular complexity index is 314. The maximum Gasteiger partial charge on any atom is 0.415 e. The number of hydrogen-bond acceptors (Lipinski definition) is 2. The van der Waals surface area contributed by atoms with Crippen molar-refractivity contribution in [2.24, 2.45) is 0 Å². The molecular formula is C9H9F5S2. The first-order valence-corrected chi connectivity index (χ1v) is 5.16. The summed E-state index contributed by atoms with van der Waals surface area (Å²) < 4.78 is 61.0. The number of allylic oxidation sites excluding steroid dienone is 3. The molecule has 7 heteroatoms. The van der Waals surface area contributed by atoms with E-state index in [1.165, 1.54) is 0 Å². The molecule has 0 aromatic heterocycles. The fourth-order valence-corrected chi connectivity index (χ4v) is 1.39. The highest BCUT2D eigenvalue weighted by Crippen LogP contribution is 2.32. The van der Waals surface area contributed by atoms with Gasteiger partial charge in [0.25, 0.3) is 0 Å². The average molecular weight is 276 g/mol. The molecule has 0 heterocycles. The lowest BCUT2D eigenvalue weighted by molar-refractivity contribution is -0.0878. The van der Waals surface area contributed by atoms with Gasteiger partial charge in [-0.05, 0) is 19.1 Å². The maximum absolute atomic E-state index is 12.5. The Balaban J connectivity index is 4.97. The van der Waals surface area contributed by atoms with E-state index in [0.29, 0.717) is 6.08 Å². The van der Waals surface area contributed by atoms with Gasteiger partial charge in [-0.25, -0.2) is 4.39 Å². The predicted octanol–water partition coefficient (Wildman–Crippen LogP) is 4.78. The molecule has 0 nitrogen and oxygen atoms in total. The molecule has 0 amide bonds. The highest BCUT2D eigenvalue weighted by Gasteiger charge is 2.30. The van der Waals surface area contributed by atoms with Gasteiger partial charge in [0.15, 0.2) is 0 Å². The molecule has 1 atom stereocenters. The molecule has 0 rings (SSSR count). The van der Waals surface area contributed by atoms with Gasteiger partial charge in [0, 0.05) is 10.5 Å². The van der Waals surface area contributed by atoms with Crippen molar-refractivity contribution in [1.29, 1.82) is 0 Å². The summed E-state index contributed by atoms with van der Waals surface area (Å²) in [7, 11) is 0. The quantitative estimate of drug-likeness (QED) is 0.438. The molecule has 0 saturated carbocycles. The molecular weight excluding hydrogens is 267 g/mol.